The fourth-order valence-electron chi connectivity index (χ4n) is 2.01. The Hall–Kier alpha value is -1.32. The van der Waals surface area contributed by atoms with Crippen molar-refractivity contribution < 1.29 is 4.42 Å². The van der Waals surface area contributed by atoms with Crippen LogP contribution in [0.25, 0.3) is 21.9 Å². The predicted octanol–water partition coefficient (Wildman–Crippen LogP) is 4.49. The normalized spacial score (nSPS) is 11.2. The average Bonchev–Trinajstić information content (AvgIpc) is 2.38. The third-order valence-electron chi connectivity index (χ3n) is 2.89. The van der Waals surface area contributed by atoms with Gasteiger partial charge in [0.05, 0.1) is 10.8 Å². The van der Waals surface area contributed by atoms with Gasteiger partial charge in [0.15, 0.2) is 0 Å². The lowest BCUT2D eigenvalue weighted by Crippen LogP contribution is -2.02. The predicted molar refractivity (Wildman–Crippen MR) is 77.6 cm³/mol. The van der Waals surface area contributed by atoms with Gasteiger partial charge in [0.25, 0.3) is 0 Å². The Morgan fingerprint density at radius 2 is 2.00 bits per heavy atom. The second-order valence-electron chi connectivity index (χ2n) is 4.00. The summed E-state index contributed by atoms with van der Waals surface area (Å²) in [6, 6.07) is 10.6. The molecule has 2 nitrogen and oxygen atoms in total. The van der Waals surface area contributed by atoms with E-state index in [0.717, 1.165) is 5.56 Å². The van der Waals surface area contributed by atoms with Crippen LogP contribution in [0.2, 0.25) is 5.02 Å². The van der Waals surface area contributed by atoms with Crippen molar-refractivity contribution in [1.82, 2.24) is 0 Å². The Morgan fingerprint density at radius 1 is 1.17 bits per heavy atom. The minimum absolute atomic E-state index is 0.0225. The molecule has 2 aromatic carbocycles. The molecule has 0 unspecified atom stereocenters. The van der Waals surface area contributed by atoms with Crippen LogP contribution >= 0.6 is 27.5 Å². The second-order valence-corrected chi connectivity index (χ2v) is 5.00. The van der Waals surface area contributed by atoms with Crippen LogP contribution in [-0.2, 0) is 5.33 Å². The van der Waals surface area contributed by atoms with Gasteiger partial charge in [-0.1, -0.05) is 39.7 Å². The number of rotatable bonds is 1. The molecule has 3 rings (SSSR count). The molecular weight excluding hydrogens is 316 g/mol. The van der Waals surface area contributed by atoms with Crippen LogP contribution in [0.15, 0.2) is 45.6 Å². The molecule has 0 aliphatic carbocycles. The van der Waals surface area contributed by atoms with Crippen molar-refractivity contribution in [3.05, 3.63) is 57.2 Å². The van der Waals surface area contributed by atoms with Gasteiger partial charge in [-0.2, -0.15) is 0 Å². The molecule has 1 heterocycles. The van der Waals surface area contributed by atoms with Crippen molar-refractivity contribution in [2.75, 3.05) is 0 Å². The first kappa shape index (κ1) is 11.8. The van der Waals surface area contributed by atoms with Crippen molar-refractivity contribution in [3.8, 4) is 0 Å². The van der Waals surface area contributed by atoms with Crippen LogP contribution in [0.1, 0.15) is 5.56 Å². The molecule has 18 heavy (non-hydrogen) atoms. The summed E-state index contributed by atoms with van der Waals surface area (Å²) in [5.41, 5.74) is 2.07. The van der Waals surface area contributed by atoms with Crippen molar-refractivity contribution >= 4 is 49.5 Å². The lowest BCUT2D eigenvalue weighted by molar-refractivity contribution is 0.656. The van der Waals surface area contributed by atoms with Gasteiger partial charge in [0.2, 0.25) is 5.43 Å². The Balaban J connectivity index is 2.56. The molecule has 0 saturated carbocycles. The van der Waals surface area contributed by atoms with E-state index in [1.807, 2.05) is 12.1 Å². The summed E-state index contributed by atoms with van der Waals surface area (Å²) in [4.78, 5) is 12.3. The molecule has 0 fully saturated rings. The Labute approximate surface area is 116 Å². The van der Waals surface area contributed by atoms with E-state index in [9.17, 15) is 4.79 Å². The van der Waals surface area contributed by atoms with E-state index in [1.165, 1.54) is 0 Å². The monoisotopic (exact) mass is 322 g/mol. The third-order valence-corrected chi connectivity index (χ3v) is 3.72. The van der Waals surface area contributed by atoms with Crippen LogP contribution in [0.4, 0.5) is 0 Å². The highest BCUT2D eigenvalue weighted by Crippen LogP contribution is 2.25. The van der Waals surface area contributed by atoms with E-state index in [2.05, 4.69) is 15.9 Å². The number of hydrogen-bond acceptors (Lipinski definition) is 2. The summed E-state index contributed by atoms with van der Waals surface area (Å²) in [5.74, 6) is 0. The molecule has 0 amide bonds. The summed E-state index contributed by atoms with van der Waals surface area (Å²) in [7, 11) is 0. The number of alkyl halides is 1. The first-order valence-electron chi connectivity index (χ1n) is 5.40. The van der Waals surface area contributed by atoms with E-state index in [4.69, 9.17) is 16.0 Å². The molecule has 0 aliphatic rings. The van der Waals surface area contributed by atoms with E-state index < -0.39 is 0 Å². The summed E-state index contributed by atoms with van der Waals surface area (Å²) in [6.07, 6.45) is 0. The van der Waals surface area contributed by atoms with Gasteiger partial charge >= 0.3 is 0 Å². The van der Waals surface area contributed by atoms with Crippen molar-refractivity contribution in [3.63, 3.8) is 0 Å². The van der Waals surface area contributed by atoms with E-state index in [0.29, 0.717) is 32.3 Å². The fourth-order valence-corrected chi connectivity index (χ4v) is 2.62. The number of benzene rings is 2. The van der Waals surface area contributed by atoms with Crippen LogP contribution in [0.3, 0.4) is 0 Å². The number of halogens is 2. The molecular formula is C14H8BrClO2. The van der Waals surface area contributed by atoms with E-state index in [1.54, 1.807) is 24.3 Å². The summed E-state index contributed by atoms with van der Waals surface area (Å²) in [5, 5.41) is 2.35. The van der Waals surface area contributed by atoms with Gasteiger partial charge in [-0.15, -0.1) is 0 Å². The topological polar surface area (TPSA) is 30.2 Å². The van der Waals surface area contributed by atoms with Crippen LogP contribution in [-0.4, -0.2) is 0 Å². The van der Waals surface area contributed by atoms with Crippen molar-refractivity contribution in [1.29, 1.82) is 0 Å². The summed E-state index contributed by atoms with van der Waals surface area (Å²) in [6.45, 7) is 0. The van der Waals surface area contributed by atoms with Gasteiger partial charge in [-0.05, 0) is 18.2 Å². The molecule has 0 spiro atoms. The number of fused-ring (bicyclic) bond motifs is 2. The molecule has 90 valence electrons. The van der Waals surface area contributed by atoms with Crippen LogP contribution in [0, 0.1) is 0 Å². The van der Waals surface area contributed by atoms with E-state index >= 15 is 0 Å². The fraction of sp³-hybridized carbons (Fsp3) is 0.0714. The Morgan fingerprint density at radius 3 is 2.78 bits per heavy atom. The van der Waals surface area contributed by atoms with Gasteiger partial charge in [0, 0.05) is 22.0 Å². The van der Waals surface area contributed by atoms with Crippen molar-refractivity contribution in [2.24, 2.45) is 0 Å². The van der Waals surface area contributed by atoms with Gasteiger partial charge in [-0.25, -0.2) is 0 Å². The Kier molecular flexibility index (Phi) is 2.88. The molecule has 0 radical (unpaired) electrons. The largest absolute Gasteiger partial charge is 0.455 e. The molecule has 1 aromatic heterocycles. The second kappa shape index (κ2) is 4.41. The maximum atomic E-state index is 12.3. The maximum absolute atomic E-state index is 12.3. The lowest BCUT2D eigenvalue weighted by atomic mass is 10.1. The van der Waals surface area contributed by atoms with Gasteiger partial charge in [0.1, 0.15) is 11.2 Å². The minimum atomic E-state index is -0.0225. The third kappa shape index (κ3) is 1.74. The van der Waals surface area contributed by atoms with E-state index in [-0.39, 0.29) is 5.43 Å². The van der Waals surface area contributed by atoms with Crippen LogP contribution < -0.4 is 5.43 Å². The Bertz CT molecular complexity index is 808. The average molecular weight is 324 g/mol. The summed E-state index contributed by atoms with van der Waals surface area (Å²) < 4.78 is 5.82. The maximum Gasteiger partial charge on any atom is 0.200 e. The quantitative estimate of drug-likeness (QED) is 0.488. The zero-order valence-corrected chi connectivity index (χ0v) is 11.6. The zero-order chi connectivity index (χ0) is 12.7. The van der Waals surface area contributed by atoms with Gasteiger partial charge < -0.3 is 4.42 Å². The minimum Gasteiger partial charge on any atom is -0.455 e. The molecule has 0 atom stereocenters. The molecule has 3 aromatic rings. The molecule has 4 heteroatoms. The smallest absolute Gasteiger partial charge is 0.200 e. The summed E-state index contributed by atoms with van der Waals surface area (Å²) >= 11 is 9.32. The first-order chi connectivity index (χ1) is 8.70. The molecule has 0 aliphatic heterocycles. The number of para-hydroxylation sites is 1. The highest BCUT2D eigenvalue weighted by Gasteiger charge is 2.10. The standard InChI is InChI=1S/C14H8BrClO2/c15-7-8-2-1-3-11-13(17)10-5-4-9(16)6-12(10)18-14(8)11/h1-6H,7H2. The van der Waals surface area contributed by atoms with Crippen molar-refractivity contribution in [2.45, 2.75) is 5.33 Å². The van der Waals surface area contributed by atoms with Gasteiger partial charge in [-0.3, -0.25) is 4.79 Å². The highest BCUT2D eigenvalue weighted by atomic mass is 79.9. The molecule has 0 bridgehead atoms. The zero-order valence-electron chi connectivity index (χ0n) is 9.24. The number of hydrogen-bond donors (Lipinski definition) is 0. The van der Waals surface area contributed by atoms with Crippen LogP contribution in [0.5, 0.6) is 0 Å². The SMILES string of the molecule is O=c1c2ccc(Cl)cc2oc2c(CBr)cccc12. The highest BCUT2D eigenvalue weighted by molar-refractivity contribution is 9.08. The molecule has 0 N–H and O–H groups in total. The first-order valence-corrected chi connectivity index (χ1v) is 6.90. The molecule has 0 saturated heterocycles. The lowest BCUT2D eigenvalue weighted by Gasteiger charge is -2.04.